The summed E-state index contributed by atoms with van der Waals surface area (Å²) in [5, 5.41) is 3.28. The Morgan fingerprint density at radius 1 is 1.10 bits per heavy atom. The van der Waals surface area contributed by atoms with Gasteiger partial charge in [0.15, 0.2) is 0 Å². The molecule has 0 radical (unpaired) electrons. The second kappa shape index (κ2) is 7.47. The van der Waals surface area contributed by atoms with E-state index >= 15 is 0 Å². The maximum Gasteiger partial charge on any atom is 0.220 e. The highest BCUT2D eigenvalue weighted by molar-refractivity contribution is 5.77. The van der Waals surface area contributed by atoms with Gasteiger partial charge in [-0.1, -0.05) is 45.0 Å². The number of rotatable bonds is 2. The standard InChI is InChI=1S/C25H33N3O/c1-18-17-26-22(16-21(18)19-7-5-8-20(15-19)24(2,3)4)28-13-11-25(12-14-28)10-6-9-23(29)27-25/h5,7-8,15-17H,6,9-14H2,1-4H3,(H,27,29). The van der Waals surface area contributed by atoms with Crippen LogP contribution in [-0.2, 0) is 10.2 Å². The van der Waals surface area contributed by atoms with E-state index in [-0.39, 0.29) is 16.9 Å². The summed E-state index contributed by atoms with van der Waals surface area (Å²) in [7, 11) is 0. The molecule has 1 aromatic carbocycles. The molecule has 2 aliphatic heterocycles. The van der Waals surface area contributed by atoms with Crippen LogP contribution in [-0.4, -0.2) is 29.5 Å². The Morgan fingerprint density at radius 2 is 1.86 bits per heavy atom. The van der Waals surface area contributed by atoms with Crippen LogP contribution in [0.25, 0.3) is 11.1 Å². The second-order valence-corrected chi connectivity index (χ2v) is 9.86. The van der Waals surface area contributed by atoms with Gasteiger partial charge in [0.05, 0.1) is 0 Å². The maximum absolute atomic E-state index is 11.9. The van der Waals surface area contributed by atoms with E-state index in [2.05, 4.69) is 68.2 Å². The average molecular weight is 392 g/mol. The zero-order valence-corrected chi connectivity index (χ0v) is 18.2. The van der Waals surface area contributed by atoms with E-state index < -0.39 is 0 Å². The van der Waals surface area contributed by atoms with Gasteiger partial charge in [-0.15, -0.1) is 0 Å². The number of nitrogens with zero attached hydrogens (tertiary/aromatic N) is 2. The fourth-order valence-electron chi connectivity index (χ4n) is 4.70. The van der Waals surface area contributed by atoms with Crippen molar-refractivity contribution in [1.29, 1.82) is 0 Å². The van der Waals surface area contributed by atoms with Crippen LogP contribution < -0.4 is 10.2 Å². The molecular weight excluding hydrogens is 358 g/mol. The minimum absolute atomic E-state index is 0.0143. The Kier molecular flexibility index (Phi) is 5.14. The third kappa shape index (κ3) is 4.17. The molecule has 1 N–H and O–H groups in total. The van der Waals surface area contributed by atoms with E-state index in [1.54, 1.807) is 0 Å². The number of anilines is 1. The van der Waals surface area contributed by atoms with Crippen molar-refractivity contribution in [1.82, 2.24) is 10.3 Å². The molecule has 4 rings (SSSR count). The van der Waals surface area contributed by atoms with Gasteiger partial charge in [0, 0.05) is 31.2 Å². The molecule has 2 saturated heterocycles. The fraction of sp³-hybridized carbons (Fsp3) is 0.520. The van der Waals surface area contributed by atoms with Gasteiger partial charge < -0.3 is 10.2 Å². The number of aromatic nitrogens is 1. The van der Waals surface area contributed by atoms with Gasteiger partial charge in [0.25, 0.3) is 0 Å². The molecule has 154 valence electrons. The van der Waals surface area contributed by atoms with E-state index in [1.807, 2.05) is 6.20 Å². The second-order valence-electron chi connectivity index (χ2n) is 9.86. The summed E-state index contributed by atoms with van der Waals surface area (Å²) in [5.41, 5.74) is 5.21. The molecule has 3 heterocycles. The smallest absolute Gasteiger partial charge is 0.220 e. The van der Waals surface area contributed by atoms with Crippen LogP contribution in [0.1, 0.15) is 64.0 Å². The van der Waals surface area contributed by atoms with Gasteiger partial charge in [0.2, 0.25) is 5.91 Å². The van der Waals surface area contributed by atoms with Gasteiger partial charge in [0.1, 0.15) is 5.82 Å². The molecule has 0 saturated carbocycles. The molecule has 0 unspecified atom stereocenters. The molecule has 2 aromatic rings. The van der Waals surface area contributed by atoms with Gasteiger partial charge in [-0.2, -0.15) is 0 Å². The van der Waals surface area contributed by atoms with Crippen LogP contribution in [0.3, 0.4) is 0 Å². The molecule has 2 aliphatic rings. The Morgan fingerprint density at radius 3 is 2.55 bits per heavy atom. The first-order valence-electron chi connectivity index (χ1n) is 10.9. The van der Waals surface area contributed by atoms with Gasteiger partial charge in [-0.25, -0.2) is 4.98 Å². The lowest BCUT2D eigenvalue weighted by molar-refractivity contribution is -0.125. The fourth-order valence-corrected chi connectivity index (χ4v) is 4.70. The minimum Gasteiger partial charge on any atom is -0.356 e. The predicted octanol–water partition coefficient (Wildman–Crippen LogP) is 4.99. The van der Waals surface area contributed by atoms with Gasteiger partial charge in [-0.3, -0.25) is 4.79 Å². The molecular formula is C25H33N3O. The molecule has 0 atom stereocenters. The number of carbonyl (C=O) groups excluding carboxylic acids is 1. The van der Waals surface area contributed by atoms with Crippen LogP contribution in [0, 0.1) is 6.92 Å². The van der Waals surface area contributed by atoms with E-state index in [0.717, 1.165) is 44.6 Å². The molecule has 0 aliphatic carbocycles. The summed E-state index contributed by atoms with van der Waals surface area (Å²) in [6.45, 7) is 10.8. The van der Waals surface area contributed by atoms with Crippen molar-refractivity contribution in [2.45, 2.75) is 70.8 Å². The van der Waals surface area contributed by atoms with Crippen LogP contribution in [0.4, 0.5) is 5.82 Å². The number of amides is 1. The van der Waals surface area contributed by atoms with E-state index in [9.17, 15) is 4.79 Å². The summed E-state index contributed by atoms with van der Waals surface area (Å²) in [5.74, 6) is 1.27. The largest absolute Gasteiger partial charge is 0.356 e. The Hall–Kier alpha value is -2.36. The summed E-state index contributed by atoms with van der Waals surface area (Å²) in [6, 6.07) is 11.1. The van der Waals surface area contributed by atoms with E-state index in [4.69, 9.17) is 4.98 Å². The van der Waals surface area contributed by atoms with Crippen molar-refractivity contribution in [2.24, 2.45) is 0 Å². The number of hydrogen-bond donors (Lipinski definition) is 1. The van der Waals surface area contributed by atoms with Crippen molar-refractivity contribution < 1.29 is 4.79 Å². The highest BCUT2D eigenvalue weighted by Crippen LogP contribution is 2.34. The summed E-state index contributed by atoms with van der Waals surface area (Å²) < 4.78 is 0. The molecule has 4 heteroatoms. The summed E-state index contributed by atoms with van der Waals surface area (Å²) in [6.07, 6.45) is 6.82. The third-order valence-corrected chi connectivity index (χ3v) is 6.64. The Bertz CT molecular complexity index is 905. The van der Waals surface area contributed by atoms with Crippen LogP contribution in [0.2, 0.25) is 0 Å². The van der Waals surface area contributed by atoms with E-state index in [1.165, 1.54) is 22.3 Å². The maximum atomic E-state index is 11.9. The monoisotopic (exact) mass is 391 g/mol. The molecule has 4 nitrogen and oxygen atoms in total. The highest BCUT2D eigenvalue weighted by atomic mass is 16.1. The van der Waals surface area contributed by atoms with Crippen LogP contribution >= 0.6 is 0 Å². The average Bonchev–Trinajstić information content (AvgIpc) is 2.68. The number of piperidine rings is 2. The zero-order valence-electron chi connectivity index (χ0n) is 18.2. The topological polar surface area (TPSA) is 45.2 Å². The van der Waals surface area contributed by atoms with Crippen molar-refractivity contribution in [3.8, 4) is 11.1 Å². The summed E-state index contributed by atoms with van der Waals surface area (Å²) >= 11 is 0. The lowest BCUT2D eigenvalue weighted by Gasteiger charge is -2.45. The quantitative estimate of drug-likeness (QED) is 0.784. The number of carbonyl (C=O) groups is 1. The first kappa shape index (κ1) is 19.9. The number of pyridine rings is 1. The lowest BCUT2D eigenvalue weighted by Crippen LogP contribution is -2.57. The SMILES string of the molecule is Cc1cnc(N2CCC3(CCCC(=O)N3)CC2)cc1-c1cccc(C(C)(C)C)c1. The van der Waals surface area contributed by atoms with Crippen LogP contribution in [0.15, 0.2) is 36.5 Å². The molecule has 0 bridgehead atoms. The van der Waals surface area contributed by atoms with Crippen molar-refractivity contribution >= 4 is 11.7 Å². The predicted molar refractivity (Wildman–Crippen MR) is 119 cm³/mol. The van der Waals surface area contributed by atoms with Gasteiger partial charge in [-0.05, 0) is 66.3 Å². The number of hydrogen-bond acceptors (Lipinski definition) is 3. The molecule has 1 amide bonds. The molecule has 29 heavy (non-hydrogen) atoms. The molecule has 1 aromatic heterocycles. The van der Waals surface area contributed by atoms with Gasteiger partial charge >= 0.3 is 0 Å². The van der Waals surface area contributed by atoms with Crippen molar-refractivity contribution in [3.05, 3.63) is 47.7 Å². The van der Waals surface area contributed by atoms with Crippen LogP contribution in [0.5, 0.6) is 0 Å². The lowest BCUT2D eigenvalue weighted by atomic mass is 9.80. The zero-order chi connectivity index (χ0) is 20.6. The number of benzene rings is 1. The highest BCUT2D eigenvalue weighted by Gasteiger charge is 2.38. The third-order valence-electron chi connectivity index (χ3n) is 6.64. The van der Waals surface area contributed by atoms with E-state index in [0.29, 0.717) is 6.42 Å². The molecule has 1 spiro atoms. The summed E-state index contributed by atoms with van der Waals surface area (Å²) in [4.78, 5) is 19.0. The van der Waals surface area contributed by atoms with Crippen molar-refractivity contribution in [3.63, 3.8) is 0 Å². The number of aryl methyl sites for hydroxylation is 1. The molecule has 2 fully saturated rings. The normalized spacial score (nSPS) is 19.3. The first-order valence-corrected chi connectivity index (χ1v) is 10.9. The Labute approximate surface area is 174 Å². The number of nitrogens with one attached hydrogen (secondary N) is 1. The Balaban J connectivity index is 1.56. The minimum atomic E-state index is 0.0143. The first-order chi connectivity index (χ1) is 13.8. The van der Waals surface area contributed by atoms with Crippen molar-refractivity contribution in [2.75, 3.05) is 18.0 Å².